The molecule has 1 saturated carbocycles. The van der Waals surface area contributed by atoms with E-state index in [1.54, 1.807) is 0 Å². The molecule has 0 aromatic heterocycles. The van der Waals surface area contributed by atoms with Gasteiger partial charge < -0.3 is 15.4 Å². The lowest BCUT2D eigenvalue weighted by atomic mass is 9.95. The summed E-state index contributed by atoms with van der Waals surface area (Å²) in [5, 5.41) is 6.44. The third kappa shape index (κ3) is 5.25. The number of carbonyl (C=O) groups is 1. The van der Waals surface area contributed by atoms with Crippen molar-refractivity contribution in [1.82, 2.24) is 10.6 Å². The highest BCUT2D eigenvalue weighted by atomic mass is 16.6. The van der Waals surface area contributed by atoms with Crippen LogP contribution in [0.5, 0.6) is 0 Å². The molecule has 1 unspecified atom stereocenters. The van der Waals surface area contributed by atoms with Gasteiger partial charge >= 0.3 is 6.09 Å². The molecule has 106 valence electrons. The highest BCUT2D eigenvalue weighted by molar-refractivity contribution is 5.67. The summed E-state index contributed by atoms with van der Waals surface area (Å²) in [5.41, 5.74) is -0.427. The van der Waals surface area contributed by atoms with Gasteiger partial charge in [-0.15, -0.1) is 0 Å². The first-order valence-corrected chi connectivity index (χ1v) is 6.99. The third-order valence-electron chi connectivity index (χ3n) is 3.26. The molecule has 4 nitrogen and oxygen atoms in total. The maximum atomic E-state index is 11.7. The van der Waals surface area contributed by atoms with Crippen LogP contribution in [-0.2, 0) is 4.74 Å². The first kappa shape index (κ1) is 15.3. The Morgan fingerprint density at radius 2 is 1.89 bits per heavy atom. The summed E-state index contributed by atoms with van der Waals surface area (Å²) in [5.74, 6) is 0.680. The average Bonchev–Trinajstić information content (AvgIpc) is 3.05. The van der Waals surface area contributed by atoms with E-state index in [0.717, 1.165) is 13.0 Å². The Morgan fingerprint density at radius 1 is 1.28 bits per heavy atom. The van der Waals surface area contributed by atoms with E-state index < -0.39 is 5.60 Å². The number of rotatable bonds is 6. The molecule has 1 amide bonds. The summed E-state index contributed by atoms with van der Waals surface area (Å²) in [6.45, 7) is 11.6. The molecule has 2 N–H and O–H groups in total. The number of hydrogen-bond donors (Lipinski definition) is 2. The molecular weight excluding hydrogens is 228 g/mol. The van der Waals surface area contributed by atoms with Crippen molar-refractivity contribution < 1.29 is 9.53 Å². The average molecular weight is 256 g/mol. The lowest BCUT2D eigenvalue weighted by molar-refractivity contribution is 0.0508. The summed E-state index contributed by atoms with van der Waals surface area (Å²) < 4.78 is 5.26. The highest BCUT2D eigenvalue weighted by Gasteiger charge is 2.41. The zero-order valence-corrected chi connectivity index (χ0v) is 12.4. The van der Waals surface area contributed by atoms with Gasteiger partial charge in [-0.05, 0) is 59.4 Å². The van der Waals surface area contributed by atoms with E-state index in [2.05, 4.69) is 24.5 Å². The summed E-state index contributed by atoms with van der Waals surface area (Å²) in [4.78, 5) is 11.7. The summed E-state index contributed by atoms with van der Waals surface area (Å²) in [7, 11) is 0. The lowest BCUT2D eigenvalue weighted by Crippen LogP contribution is -2.53. The Kier molecular flexibility index (Phi) is 5.02. The Morgan fingerprint density at radius 3 is 2.33 bits per heavy atom. The van der Waals surface area contributed by atoms with Crippen LogP contribution in [0.4, 0.5) is 4.79 Å². The standard InChI is InChI=1S/C14H28N2O2/c1-6-9-16-14(5,11-7-8-11)10-15-12(17)18-13(2,3)4/h11,16H,6-10H2,1-5H3,(H,15,17). The maximum Gasteiger partial charge on any atom is 0.407 e. The molecule has 0 aromatic rings. The van der Waals surface area contributed by atoms with Crippen LogP contribution in [0.3, 0.4) is 0 Å². The van der Waals surface area contributed by atoms with Gasteiger partial charge in [-0.25, -0.2) is 4.79 Å². The first-order chi connectivity index (χ1) is 8.27. The topological polar surface area (TPSA) is 50.4 Å². The van der Waals surface area contributed by atoms with E-state index in [1.807, 2.05) is 20.8 Å². The van der Waals surface area contributed by atoms with E-state index in [1.165, 1.54) is 12.8 Å². The monoisotopic (exact) mass is 256 g/mol. The fourth-order valence-electron chi connectivity index (χ4n) is 2.05. The second-order valence-corrected chi connectivity index (χ2v) is 6.47. The van der Waals surface area contributed by atoms with Crippen molar-refractivity contribution in [3.8, 4) is 0 Å². The second-order valence-electron chi connectivity index (χ2n) is 6.47. The van der Waals surface area contributed by atoms with Crippen LogP contribution in [0.1, 0.15) is 53.9 Å². The minimum Gasteiger partial charge on any atom is -0.444 e. The summed E-state index contributed by atoms with van der Waals surface area (Å²) in [6.07, 6.45) is 3.29. The normalized spacial score (nSPS) is 19.2. The van der Waals surface area contributed by atoms with E-state index in [-0.39, 0.29) is 11.6 Å². The van der Waals surface area contributed by atoms with Gasteiger partial charge in [0, 0.05) is 12.1 Å². The van der Waals surface area contributed by atoms with Crippen LogP contribution in [0.15, 0.2) is 0 Å². The zero-order chi connectivity index (χ0) is 13.8. The smallest absolute Gasteiger partial charge is 0.407 e. The predicted molar refractivity (Wildman–Crippen MR) is 73.7 cm³/mol. The maximum absolute atomic E-state index is 11.7. The van der Waals surface area contributed by atoms with E-state index in [9.17, 15) is 4.79 Å². The van der Waals surface area contributed by atoms with Crippen molar-refractivity contribution >= 4 is 6.09 Å². The van der Waals surface area contributed by atoms with E-state index >= 15 is 0 Å². The number of carbonyl (C=O) groups excluding carboxylic acids is 1. The molecule has 1 fully saturated rings. The molecule has 1 atom stereocenters. The van der Waals surface area contributed by atoms with Crippen LogP contribution in [-0.4, -0.2) is 30.3 Å². The molecule has 0 heterocycles. The minimum absolute atomic E-state index is 0.00686. The van der Waals surface area contributed by atoms with Gasteiger partial charge in [0.2, 0.25) is 0 Å². The van der Waals surface area contributed by atoms with Crippen molar-refractivity contribution in [3.05, 3.63) is 0 Å². The quantitative estimate of drug-likeness (QED) is 0.768. The van der Waals surface area contributed by atoms with Gasteiger partial charge in [-0.1, -0.05) is 6.92 Å². The fourth-order valence-corrected chi connectivity index (χ4v) is 2.05. The molecule has 0 radical (unpaired) electrons. The van der Waals surface area contributed by atoms with Crippen LogP contribution in [0, 0.1) is 5.92 Å². The lowest BCUT2D eigenvalue weighted by Gasteiger charge is -2.32. The molecule has 1 rings (SSSR count). The fraction of sp³-hybridized carbons (Fsp3) is 0.929. The Bertz CT molecular complexity index is 282. The van der Waals surface area contributed by atoms with Crippen LogP contribution in [0.2, 0.25) is 0 Å². The SMILES string of the molecule is CCCNC(C)(CNC(=O)OC(C)(C)C)C1CC1. The van der Waals surface area contributed by atoms with Crippen LogP contribution >= 0.6 is 0 Å². The second kappa shape index (κ2) is 5.91. The molecule has 0 aromatic carbocycles. The van der Waals surface area contributed by atoms with Crippen molar-refractivity contribution in [3.63, 3.8) is 0 Å². The Balaban J connectivity index is 2.40. The number of alkyl carbamates (subject to hydrolysis) is 1. The minimum atomic E-state index is -0.434. The third-order valence-corrected chi connectivity index (χ3v) is 3.26. The molecule has 0 bridgehead atoms. The number of nitrogens with one attached hydrogen (secondary N) is 2. The predicted octanol–water partition coefficient (Wildman–Crippen LogP) is 2.68. The van der Waals surface area contributed by atoms with Gasteiger partial charge in [0.1, 0.15) is 5.60 Å². The van der Waals surface area contributed by atoms with Gasteiger partial charge in [0.25, 0.3) is 0 Å². The number of hydrogen-bond acceptors (Lipinski definition) is 3. The molecule has 1 aliphatic rings. The molecular formula is C14H28N2O2. The van der Waals surface area contributed by atoms with Gasteiger partial charge in [-0.2, -0.15) is 0 Å². The first-order valence-electron chi connectivity index (χ1n) is 6.99. The van der Waals surface area contributed by atoms with Gasteiger partial charge in [0.15, 0.2) is 0 Å². The molecule has 4 heteroatoms. The summed E-state index contributed by atoms with van der Waals surface area (Å²) in [6, 6.07) is 0. The molecule has 0 aliphatic heterocycles. The van der Waals surface area contributed by atoms with E-state index in [4.69, 9.17) is 4.74 Å². The van der Waals surface area contributed by atoms with Crippen molar-refractivity contribution in [1.29, 1.82) is 0 Å². The molecule has 18 heavy (non-hydrogen) atoms. The molecule has 1 aliphatic carbocycles. The number of amides is 1. The van der Waals surface area contributed by atoms with Gasteiger partial charge in [-0.3, -0.25) is 0 Å². The Labute approximate surface area is 111 Å². The number of ether oxygens (including phenoxy) is 1. The molecule has 0 spiro atoms. The van der Waals surface area contributed by atoms with Crippen LogP contribution in [0.25, 0.3) is 0 Å². The zero-order valence-electron chi connectivity index (χ0n) is 12.4. The Hall–Kier alpha value is -0.770. The molecule has 0 saturated heterocycles. The largest absolute Gasteiger partial charge is 0.444 e. The summed E-state index contributed by atoms with van der Waals surface area (Å²) >= 11 is 0. The van der Waals surface area contributed by atoms with Crippen molar-refractivity contribution in [2.24, 2.45) is 5.92 Å². The highest BCUT2D eigenvalue weighted by Crippen LogP contribution is 2.39. The van der Waals surface area contributed by atoms with Crippen molar-refractivity contribution in [2.45, 2.75) is 65.0 Å². The van der Waals surface area contributed by atoms with Gasteiger partial charge in [0.05, 0.1) is 0 Å². The van der Waals surface area contributed by atoms with Crippen molar-refractivity contribution in [2.75, 3.05) is 13.1 Å². The van der Waals surface area contributed by atoms with Crippen LogP contribution < -0.4 is 10.6 Å². The van der Waals surface area contributed by atoms with E-state index in [0.29, 0.717) is 12.5 Å².